The zero-order valence-electron chi connectivity index (χ0n) is 18.6. The summed E-state index contributed by atoms with van der Waals surface area (Å²) >= 11 is 0. The highest BCUT2D eigenvalue weighted by molar-refractivity contribution is 5.42. The van der Waals surface area contributed by atoms with Crippen LogP contribution in [0.15, 0.2) is 12.1 Å². The molecule has 0 heterocycles. The molecule has 0 saturated heterocycles. The quantitative estimate of drug-likeness (QED) is 0.270. The number of hydrogen-bond acceptors (Lipinski definition) is 1. The van der Waals surface area contributed by atoms with Gasteiger partial charge in [-0.25, -0.2) is 0 Å². The lowest BCUT2D eigenvalue weighted by Crippen LogP contribution is -1.90. The molecule has 0 atom stereocenters. The van der Waals surface area contributed by atoms with E-state index in [1.165, 1.54) is 108 Å². The first-order valence-corrected chi connectivity index (χ1v) is 11.9. The average molecular weight is 375 g/mol. The fraction of sp³-hybridized carbons (Fsp3) is 0.769. The number of rotatable bonds is 17. The highest BCUT2D eigenvalue weighted by atomic mass is 16.3. The number of unbranched alkanes of at least 4 members (excludes halogenated alkanes) is 15. The number of hydrogen-bond donors (Lipinski definition) is 1. The maximum atomic E-state index is 9.84. The summed E-state index contributed by atoms with van der Waals surface area (Å²) in [6.45, 7) is 6.29. The van der Waals surface area contributed by atoms with E-state index >= 15 is 0 Å². The lowest BCUT2D eigenvalue weighted by atomic mass is 10.00. The minimum atomic E-state index is 0.464. The zero-order chi connectivity index (χ0) is 19.7. The average Bonchev–Trinajstić information content (AvgIpc) is 2.65. The van der Waals surface area contributed by atoms with Crippen LogP contribution >= 0.6 is 0 Å². The highest BCUT2D eigenvalue weighted by Crippen LogP contribution is 2.24. The van der Waals surface area contributed by atoms with Crippen LogP contribution in [-0.4, -0.2) is 5.11 Å². The van der Waals surface area contributed by atoms with Crippen molar-refractivity contribution in [2.24, 2.45) is 0 Å². The van der Waals surface area contributed by atoms with Crippen molar-refractivity contribution in [1.29, 1.82) is 0 Å². The van der Waals surface area contributed by atoms with E-state index in [0.29, 0.717) is 5.75 Å². The van der Waals surface area contributed by atoms with Gasteiger partial charge in [0.25, 0.3) is 0 Å². The molecule has 0 aromatic heterocycles. The topological polar surface area (TPSA) is 20.2 Å². The Morgan fingerprint density at radius 2 is 0.889 bits per heavy atom. The largest absolute Gasteiger partial charge is 0.507 e. The molecule has 1 nitrogen and oxygen atoms in total. The summed E-state index contributed by atoms with van der Waals surface area (Å²) in [5.74, 6) is 0.464. The molecular weight excluding hydrogens is 328 g/mol. The van der Waals surface area contributed by atoms with Crippen LogP contribution < -0.4 is 0 Å². The summed E-state index contributed by atoms with van der Waals surface area (Å²) in [7, 11) is 0. The molecule has 1 rings (SSSR count). The van der Waals surface area contributed by atoms with E-state index in [4.69, 9.17) is 0 Å². The fourth-order valence-electron chi connectivity index (χ4n) is 4.07. The molecule has 1 aromatic carbocycles. The minimum Gasteiger partial charge on any atom is -0.507 e. The molecular formula is C26H46O. The van der Waals surface area contributed by atoms with Crippen LogP contribution in [-0.2, 0) is 6.42 Å². The van der Waals surface area contributed by atoms with Gasteiger partial charge in [0.1, 0.15) is 5.75 Å². The van der Waals surface area contributed by atoms with E-state index in [0.717, 1.165) is 17.5 Å². The molecule has 0 unspecified atom stereocenters. The Morgan fingerprint density at radius 3 is 1.26 bits per heavy atom. The summed E-state index contributed by atoms with van der Waals surface area (Å²) in [5, 5.41) is 9.84. The normalized spacial score (nSPS) is 11.2. The monoisotopic (exact) mass is 374 g/mol. The van der Waals surface area contributed by atoms with Crippen molar-refractivity contribution in [2.75, 3.05) is 0 Å². The molecule has 0 amide bonds. The summed E-state index contributed by atoms with van der Waals surface area (Å²) in [4.78, 5) is 0. The molecule has 156 valence electrons. The molecule has 1 aromatic rings. The van der Waals surface area contributed by atoms with Gasteiger partial charge in [-0.05, 0) is 43.4 Å². The van der Waals surface area contributed by atoms with E-state index in [1.54, 1.807) is 0 Å². The third-order valence-electron chi connectivity index (χ3n) is 5.87. The van der Waals surface area contributed by atoms with Crippen molar-refractivity contribution >= 4 is 0 Å². The Balaban J connectivity index is 1.84. The van der Waals surface area contributed by atoms with Crippen LogP contribution in [0.3, 0.4) is 0 Å². The number of aromatic hydroxyl groups is 1. The first-order valence-electron chi connectivity index (χ1n) is 11.9. The van der Waals surface area contributed by atoms with Crippen LogP contribution in [0, 0.1) is 13.8 Å². The van der Waals surface area contributed by atoms with Crippen LogP contribution in [0.5, 0.6) is 5.75 Å². The summed E-state index contributed by atoms with van der Waals surface area (Å²) in [5.41, 5.74) is 3.41. The van der Waals surface area contributed by atoms with Gasteiger partial charge in [0.15, 0.2) is 0 Å². The van der Waals surface area contributed by atoms with Crippen LogP contribution in [0.1, 0.15) is 126 Å². The standard InChI is InChI=1S/C26H46O/c1-4-5-6-7-8-9-10-11-12-13-14-15-16-17-18-19-20-25-21-23(2)26(27)24(3)22-25/h21-22,27H,4-20H2,1-3H3. The molecule has 0 saturated carbocycles. The Hall–Kier alpha value is -0.980. The molecule has 0 fully saturated rings. The van der Waals surface area contributed by atoms with Crippen molar-refractivity contribution in [3.63, 3.8) is 0 Å². The predicted molar refractivity (Wildman–Crippen MR) is 121 cm³/mol. The lowest BCUT2D eigenvalue weighted by molar-refractivity contribution is 0.466. The van der Waals surface area contributed by atoms with Crippen molar-refractivity contribution in [3.05, 3.63) is 28.8 Å². The molecule has 0 aliphatic heterocycles. The molecule has 0 spiro atoms. The van der Waals surface area contributed by atoms with Gasteiger partial charge < -0.3 is 5.11 Å². The van der Waals surface area contributed by atoms with Gasteiger partial charge in [-0.2, -0.15) is 0 Å². The first-order chi connectivity index (χ1) is 13.1. The van der Waals surface area contributed by atoms with E-state index in [9.17, 15) is 5.11 Å². The van der Waals surface area contributed by atoms with Crippen molar-refractivity contribution in [2.45, 2.75) is 130 Å². The molecule has 0 radical (unpaired) electrons. The molecule has 1 N–H and O–H groups in total. The van der Waals surface area contributed by atoms with Gasteiger partial charge in [0.2, 0.25) is 0 Å². The predicted octanol–water partition coefficient (Wildman–Crippen LogP) is 8.81. The first kappa shape index (κ1) is 24.1. The Labute approximate surface area is 170 Å². The Kier molecular flexibility index (Phi) is 14.3. The van der Waals surface area contributed by atoms with E-state index in [-0.39, 0.29) is 0 Å². The number of phenolic OH excluding ortho intramolecular Hbond substituents is 1. The Bertz CT molecular complexity index is 454. The number of aryl methyl sites for hydroxylation is 3. The van der Waals surface area contributed by atoms with Gasteiger partial charge in [-0.1, -0.05) is 115 Å². The molecule has 27 heavy (non-hydrogen) atoms. The van der Waals surface area contributed by atoms with Crippen LogP contribution in [0.2, 0.25) is 0 Å². The van der Waals surface area contributed by atoms with Crippen molar-refractivity contribution < 1.29 is 5.11 Å². The third kappa shape index (κ3) is 12.2. The van der Waals surface area contributed by atoms with Crippen LogP contribution in [0.4, 0.5) is 0 Å². The summed E-state index contributed by atoms with van der Waals surface area (Å²) in [6.07, 6.45) is 23.9. The van der Waals surface area contributed by atoms with Gasteiger partial charge in [0.05, 0.1) is 0 Å². The maximum absolute atomic E-state index is 9.84. The molecule has 0 aliphatic rings. The molecule has 1 heteroatoms. The minimum absolute atomic E-state index is 0.464. The van der Waals surface area contributed by atoms with Crippen molar-refractivity contribution in [3.8, 4) is 5.75 Å². The second-order valence-electron chi connectivity index (χ2n) is 8.63. The van der Waals surface area contributed by atoms with Gasteiger partial charge >= 0.3 is 0 Å². The van der Waals surface area contributed by atoms with Crippen LogP contribution in [0.25, 0.3) is 0 Å². The lowest BCUT2D eigenvalue weighted by Gasteiger charge is -2.08. The highest BCUT2D eigenvalue weighted by Gasteiger charge is 2.03. The smallest absolute Gasteiger partial charge is 0.121 e. The number of phenols is 1. The van der Waals surface area contributed by atoms with E-state index in [2.05, 4.69) is 19.1 Å². The van der Waals surface area contributed by atoms with Crippen molar-refractivity contribution in [1.82, 2.24) is 0 Å². The maximum Gasteiger partial charge on any atom is 0.121 e. The SMILES string of the molecule is CCCCCCCCCCCCCCCCCCc1cc(C)c(O)c(C)c1. The zero-order valence-corrected chi connectivity index (χ0v) is 18.6. The Morgan fingerprint density at radius 1 is 0.556 bits per heavy atom. The third-order valence-corrected chi connectivity index (χ3v) is 5.87. The van der Waals surface area contributed by atoms with E-state index in [1.807, 2.05) is 13.8 Å². The molecule has 0 bridgehead atoms. The summed E-state index contributed by atoms with van der Waals surface area (Å²) in [6, 6.07) is 4.29. The second-order valence-corrected chi connectivity index (χ2v) is 8.63. The second kappa shape index (κ2) is 16.0. The summed E-state index contributed by atoms with van der Waals surface area (Å²) < 4.78 is 0. The molecule has 0 aliphatic carbocycles. The number of benzene rings is 1. The van der Waals surface area contributed by atoms with Gasteiger partial charge in [-0.3, -0.25) is 0 Å². The van der Waals surface area contributed by atoms with Gasteiger partial charge in [0, 0.05) is 0 Å². The fourth-order valence-corrected chi connectivity index (χ4v) is 4.07. The van der Waals surface area contributed by atoms with Gasteiger partial charge in [-0.15, -0.1) is 0 Å². The van der Waals surface area contributed by atoms with E-state index < -0.39 is 0 Å².